The van der Waals surface area contributed by atoms with Gasteiger partial charge >= 0.3 is 0 Å². The summed E-state index contributed by atoms with van der Waals surface area (Å²) in [5.74, 6) is 1.72. The smallest absolute Gasteiger partial charge is 0.00977 e. The van der Waals surface area contributed by atoms with Gasteiger partial charge in [0, 0.05) is 6.04 Å². The molecular formula is C12H26N2. The molecule has 0 heterocycles. The van der Waals surface area contributed by atoms with Crippen LogP contribution in [-0.2, 0) is 0 Å². The van der Waals surface area contributed by atoms with Gasteiger partial charge < -0.3 is 11.1 Å². The highest BCUT2D eigenvalue weighted by Gasteiger charge is 2.26. The second-order valence-electron chi connectivity index (χ2n) is 4.90. The van der Waals surface area contributed by atoms with Crippen LogP contribution < -0.4 is 11.1 Å². The molecule has 1 fully saturated rings. The highest BCUT2D eigenvalue weighted by Crippen LogP contribution is 2.29. The van der Waals surface area contributed by atoms with E-state index in [9.17, 15) is 0 Å². The van der Waals surface area contributed by atoms with Crippen LogP contribution in [0.2, 0.25) is 0 Å². The monoisotopic (exact) mass is 198 g/mol. The molecule has 0 aromatic rings. The Kier molecular flexibility index (Phi) is 5.49. The zero-order valence-electron chi connectivity index (χ0n) is 9.76. The second kappa shape index (κ2) is 6.41. The van der Waals surface area contributed by atoms with Crippen LogP contribution in [0.4, 0.5) is 0 Å². The number of rotatable bonds is 5. The molecule has 2 atom stereocenters. The molecule has 0 amide bonds. The molecular weight excluding hydrogens is 172 g/mol. The summed E-state index contributed by atoms with van der Waals surface area (Å²) in [4.78, 5) is 0. The van der Waals surface area contributed by atoms with E-state index in [2.05, 4.69) is 19.2 Å². The van der Waals surface area contributed by atoms with E-state index in [-0.39, 0.29) is 0 Å². The van der Waals surface area contributed by atoms with Crippen LogP contribution >= 0.6 is 0 Å². The maximum absolute atomic E-state index is 5.50. The van der Waals surface area contributed by atoms with E-state index >= 15 is 0 Å². The van der Waals surface area contributed by atoms with Crippen LogP contribution in [0.15, 0.2) is 0 Å². The topological polar surface area (TPSA) is 38.0 Å². The summed E-state index contributed by atoms with van der Waals surface area (Å²) in [6.07, 6.45) is 6.73. The van der Waals surface area contributed by atoms with Crippen molar-refractivity contribution in [2.75, 3.05) is 13.1 Å². The van der Waals surface area contributed by atoms with Gasteiger partial charge in [-0.25, -0.2) is 0 Å². The van der Waals surface area contributed by atoms with Crippen molar-refractivity contribution in [1.82, 2.24) is 5.32 Å². The molecule has 3 N–H and O–H groups in total. The summed E-state index contributed by atoms with van der Waals surface area (Å²) in [6, 6.07) is 0.760. The average Bonchev–Trinajstić information content (AvgIpc) is 2.19. The minimum absolute atomic E-state index is 0.760. The highest BCUT2D eigenvalue weighted by molar-refractivity contribution is 4.82. The third-order valence-electron chi connectivity index (χ3n) is 3.46. The first-order chi connectivity index (χ1) is 6.75. The van der Waals surface area contributed by atoms with Crippen molar-refractivity contribution in [3.63, 3.8) is 0 Å². The van der Waals surface area contributed by atoms with E-state index in [0.29, 0.717) is 0 Å². The first-order valence-electron chi connectivity index (χ1n) is 6.19. The van der Waals surface area contributed by atoms with Gasteiger partial charge in [0.05, 0.1) is 0 Å². The summed E-state index contributed by atoms with van der Waals surface area (Å²) in [5, 5.41) is 3.67. The Bertz CT molecular complexity index is 145. The Balaban J connectivity index is 2.30. The Morgan fingerprint density at radius 1 is 1.29 bits per heavy atom. The number of hydrogen-bond donors (Lipinski definition) is 2. The van der Waals surface area contributed by atoms with E-state index < -0.39 is 0 Å². The lowest BCUT2D eigenvalue weighted by molar-refractivity contribution is 0.206. The molecule has 0 bridgehead atoms. The molecule has 14 heavy (non-hydrogen) atoms. The van der Waals surface area contributed by atoms with Gasteiger partial charge in [0.25, 0.3) is 0 Å². The van der Waals surface area contributed by atoms with Crippen LogP contribution in [0, 0.1) is 11.8 Å². The fourth-order valence-electron chi connectivity index (χ4n) is 2.60. The van der Waals surface area contributed by atoms with Crippen LogP contribution in [0.5, 0.6) is 0 Å². The first-order valence-corrected chi connectivity index (χ1v) is 6.19. The Hall–Kier alpha value is -0.0800. The van der Waals surface area contributed by atoms with E-state index in [0.717, 1.165) is 37.4 Å². The fourth-order valence-corrected chi connectivity index (χ4v) is 2.60. The Morgan fingerprint density at radius 2 is 2.00 bits per heavy atom. The predicted octanol–water partition coefficient (Wildman–Crippen LogP) is 2.14. The zero-order chi connectivity index (χ0) is 10.4. The largest absolute Gasteiger partial charge is 0.330 e. The van der Waals surface area contributed by atoms with Crippen LogP contribution in [0.1, 0.15) is 46.0 Å². The molecule has 1 aliphatic carbocycles. The Morgan fingerprint density at radius 3 is 2.64 bits per heavy atom. The summed E-state index contributed by atoms with van der Waals surface area (Å²) in [7, 11) is 0. The molecule has 84 valence electrons. The molecule has 1 aliphatic rings. The molecule has 1 saturated carbocycles. The van der Waals surface area contributed by atoms with Crippen molar-refractivity contribution < 1.29 is 0 Å². The predicted molar refractivity (Wildman–Crippen MR) is 62.3 cm³/mol. The minimum atomic E-state index is 0.760. The first kappa shape index (κ1) is 12.0. The number of nitrogens with two attached hydrogens (primary N) is 1. The van der Waals surface area contributed by atoms with Crippen molar-refractivity contribution in [1.29, 1.82) is 0 Å². The highest BCUT2D eigenvalue weighted by atomic mass is 14.9. The minimum Gasteiger partial charge on any atom is -0.330 e. The lowest BCUT2D eigenvalue weighted by Crippen LogP contribution is -2.41. The van der Waals surface area contributed by atoms with Gasteiger partial charge in [0.1, 0.15) is 0 Å². The molecule has 0 spiro atoms. The van der Waals surface area contributed by atoms with Gasteiger partial charge in [0.2, 0.25) is 0 Å². The standard InChI is InChI=1S/C12H26N2/c1-10(2)11-6-3-4-7-12(11)14-9-5-8-13/h10-12,14H,3-9,13H2,1-2H3. The SMILES string of the molecule is CC(C)C1CCCCC1NCCCN. The van der Waals surface area contributed by atoms with Gasteiger partial charge in [0.15, 0.2) is 0 Å². The van der Waals surface area contributed by atoms with E-state index in [1.165, 1.54) is 25.7 Å². The molecule has 0 aromatic carbocycles. The number of hydrogen-bond acceptors (Lipinski definition) is 2. The third kappa shape index (κ3) is 3.58. The molecule has 2 unspecified atom stereocenters. The molecule has 0 aromatic heterocycles. The summed E-state index contributed by atoms with van der Waals surface area (Å²) < 4.78 is 0. The third-order valence-corrected chi connectivity index (χ3v) is 3.46. The van der Waals surface area contributed by atoms with E-state index in [4.69, 9.17) is 5.73 Å². The Labute approximate surface area is 88.6 Å². The number of nitrogens with one attached hydrogen (secondary N) is 1. The van der Waals surface area contributed by atoms with Gasteiger partial charge in [-0.3, -0.25) is 0 Å². The normalized spacial score (nSPS) is 28.3. The molecule has 0 aliphatic heterocycles. The fraction of sp³-hybridized carbons (Fsp3) is 1.00. The maximum Gasteiger partial charge on any atom is 0.00977 e. The average molecular weight is 198 g/mol. The van der Waals surface area contributed by atoms with Gasteiger partial charge in [-0.05, 0) is 44.2 Å². The van der Waals surface area contributed by atoms with Gasteiger partial charge in [-0.2, -0.15) is 0 Å². The summed E-state index contributed by atoms with van der Waals surface area (Å²) >= 11 is 0. The molecule has 0 saturated heterocycles. The molecule has 1 rings (SSSR count). The van der Waals surface area contributed by atoms with Gasteiger partial charge in [-0.15, -0.1) is 0 Å². The van der Waals surface area contributed by atoms with Crippen molar-refractivity contribution in [3.05, 3.63) is 0 Å². The van der Waals surface area contributed by atoms with E-state index in [1.807, 2.05) is 0 Å². The van der Waals surface area contributed by atoms with Crippen LogP contribution in [-0.4, -0.2) is 19.1 Å². The van der Waals surface area contributed by atoms with Crippen molar-refractivity contribution in [2.24, 2.45) is 17.6 Å². The van der Waals surface area contributed by atoms with Crippen LogP contribution in [0.3, 0.4) is 0 Å². The zero-order valence-corrected chi connectivity index (χ0v) is 9.76. The summed E-state index contributed by atoms with van der Waals surface area (Å²) in [5.41, 5.74) is 5.50. The van der Waals surface area contributed by atoms with Crippen molar-refractivity contribution >= 4 is 0 Å². The summed E-state index contributed by atoms with van der Waals surface area (Å²) in [6.45, 7) is 6.62. The van der Waals surface area contributed by atoms with E-state index in [1.54, 1.807) is 0 Å². The molecule has 0 radical (unpaired) electrons. The lowest BCUT2D eigenvalue weighted by Gasteiger charge is -2.35. The quantitative estimate of drug-likeness (QED) is 0.664. The molecule has 2 heteroatoms. The van der Waals surface area contributed by atoms with Crippen LogP contribution in [0.25, 0.3) is 0 Å². The van der Waals surface area contributed by atoms with Crippen molar-refractivity contribution in [2.45, 2.75) is 52.0 Å². The van der Waals surface area contributed by atoms with Crippen molar-refractivity contribution in [3.8, 4) is 0 Å². The lowest BCUT2D eigenvalue weighted by atomic mass is 9.78. The second-order valence-corrected chi connectivity index (χ2v) is 4.90. The molecule has 2 nitrogen and oxygen atoms in total. The van der Waals surface area contributed by atoms with Gasteiger partial charge in [-0.1, -0.05) is 26.7 Å². The maximum atomic E-state index is 5.50.